The van der Waals surface area contributed by atoms with E-state index in [0.29, 0.717) is 6.04 Å². The van der Waals surface area contributed by atoms with Crippen LogP contribution in [-0.2, 0) is 0 Å². The molecule has 1 rings (SSSR count). The Morgan fingerprint density at radius 3 is 1.64 bits per heavy atom. The van der Waals surface area contributed by atoms with E-state index < -0.39 is 0 Å². The third kappa shape index (κ3) is 12.8. The van der Waals surface area contributed by atoms with Crippen LogP contribution in [0.25, 0.3) is 0 Å². The maximum Gasteiger partial charge on any atom is 0.0484 e. The first kappa shape index (κ1) is 22.9. The molecule has 0 amide bonds. The van der Waals surface area contributed by atoms with E-state index in [2.05, 4.69) is 17.1 Å². The summed E-state index contributed by atoms with van der Waals surface area (Å²) in [6.45, 7) is 6.47. The minimum absolute atomic E-state index is 0.608. The average molecular weight is 354 g/mol. The molecule has 0 bridgehead atoms. The summed E-state index contributed by atoms with van der Waals surface area (Å²) in [5, 5.41) is 3.41. The Balaban J connectivity index is 1.75. The van der Waals surface area contributed by atoms with Crippen molar-refractivity contribution < 1.29 is 0 Å². The minimum atomic E-state index is 0.608. The normalized spacial score (nSPS) is 16.6. The van der Waals surface area contributed by atoms with Gasteiger partial charge < -0.3 is 11.1 Å². The Kier molecular flexibility index (Phi) is 15.9. The summed E-state index contributed by atoms with van der Waals surface area (Å²) < 4.78 is 0. The smallest absolute Gasteiger partial charge is 0.0484 e. The van der Waals surface area contributed by atoms with Gasteiger partial charge in [0.05, 0.1) is 0 Å². The number of nitrogens with zero attached hydrogens (tertiary/aromatic N) is 1. The van der Waals surface area contributed by atoms with E-state index in [9.17, 15) is 0 Å². The van der Waals surface area contributed by atoms with Crippen molar-refractivity contribution in [1.82, 2.24) is 10.2 Å². The highest BCUT2D eigenvalue weighted by Gasteiger charge is 2.19. The fraction of sp³-hybridized carbons (Fsp3) is 1.00. The van der Waals surface area contributed by atoms with Gasteiger partial charge in [0.15, 0.2) is 0 Å². The van der Waals surface area contributed by atoms with E-state index in [1.807, 2.05) is 0 Å². The second-order valence-electron chi connectivity index (χ2n) is 8.10. The summed E-state index contributed by atoms with van der Waals surface area (Å²) in [5.41, 5.74) is 5.94. The lowest BCUT2D eigenvalue weighted by Gasteiger charge is -2.25. The van der Waals surface area contributed by atoms with Crippen molar-refractivity contribution >= 4 is 0 Å². The van der Waals surface area contributed by atoms with Gasteiger partial charge in [0.25, 0.3) is 0 Å². The Hall–Kier alpha value is -0.120. The van der Waals surface area contributed by atoms with Crippen LogP contribution in [0.2, 0.25) is 0 Å². The zero-order chi connectivity index (χ0) is 18.0. The lowest BCUT2D eigenvalue weighted by molar-refractivity contribution is 0.228. The van der Waals surface area contributed by atoms with E-state index in [0.717, 1.165) is 19.8 Å². The summed E-state index contributed by atoms with van der Waals surface area (Å²) in [5.74, 6) is 0. The van der Waals surface area contributed by atoms with E-state index >= 15 is 0 Å². The molecule has 1 saturated heterocycles. The van der Waals surface area contributed by atoms with E-state index in [4.69, 9.17) is 5.73 Å². The summed E-state index contributed by atoms with van der Waals surface area (Å²) >= 11 is 0. The highest BCUT2D eigenvalue weighted by molar-refractivity contribution is 4.76. The first-order valence-electron chi connectivity index (χ1n) is 11.5. The molecule has 3 N–H and O–H groups in total. The number of unbranched alkanes of at least 4 members (excludes halogenated alkanes) is 14. The number of nitrogens with two attached hydrogens (primary N) is 1. The van der Waals surface area contributed by atoms with Crippen LogP contribution in [0.15, 0.2) is 0 Å². The second kappa shape index (κ2) is 17.3. The van der Waals surface area contributed by atoms with E-state index in [1.54, 1.807) is 0 Å². The van der Waals surface area contributed by atoms with Gasteiger partial charge in [0, 0.05) is 32.3 Å². The molecular weight excluding hydrogens is 306 g/mol. The number of nitrogens with one attached hydrogen (secondary N) is 1. The molecule has 1 heterocycles. The van der Waals surface area contributed by atoms with Crippen LogP contribution in [0.4, 0.5) is 0 Å². The van der Waals surface area contributed by atoms with Gasteiger partial charge in [0.1, 0.15) is 0 Å². The molecule has 0 aromatic rings. The van der Waals surface area contributed by atoms with Gasteiger partial charge in [-0.05, 0) is 6.42 Å². The third-order valence-corrected chi connectivity index (χ3v) is 5.82. The Bertz CT molecular complexity index is 264. The molecule has 1 unspecified atom stereocenters. The molecule has 3 nitrogen and oxygen atoms in total. The van der Waals surface area contributed by atoms with Crippen molar-refractivity contribution in [3.63, 3.8) is 0 Å². The lowest BCUT2D eigenvalue weighted by atomic mass is 10.0. The Morgan fingerprint density at radius 1 is 0.760 bits per heavy atom. The molecule has 3 heteroatoms. The molecule has 1 fully saturated rings. The van der Waals surface area contributed by atoms with E-state index in [-0.39, 0.29) is 0 Å². The Morgan fingerprint density at radius 2 is 1.24 bits per heavy atom. The fourth-order valence-corrected chi connectivity index (χ4v) is 4.04. The quantitative estimate of drug-likeness (QED) is 0.322. The maximum absolute atomic E-state index is 5.94. The average Bonchev–Trinajstić information content (AvgIpc) is 3.16. The summed E-state index contributed by atoms with van der Waals surface area (Å²) in [6.07, 6.45) is 22.9. The summed E-state index contributed by atoms with van der Waals surface area (Å²) in [4.78, 5) is 2.52. The molecule has 1 atom stereocenters. The van der Waals surface area contributed by atoms with Crippen molar-refractivity contribution in [3.05, 3.63) is 0 Å². The summed E-state index contributed by atoms with van der Waals surface area (Å²) in [7, 11) is 0. The largest absolute Gasteiger partial charge is 0.329 e. The predicted molar refractivity (Wildman–Crippen MR) is 112 cm³/mol. The van der Waals surface area contributed by atoms with E-state index in [1.165, 1.54) is 109 Å². The molecule has 0 aromatic carbocycles. The van der Waals surface area contributed by atoms with Crippen molar-refractivity contribution in [1.29, 1.82) is 0 Å². The molecule has 0 saturated carbocycles. The van der Waals surface area contributed by atoms with Crippen LogP contribution in [0.3, 0.4) is 0 Å². The van der Waals surface area contributed by atoms with Gasteiger partial charge in [-0.2, -0.15) is 0 Å². The lowest BCUT2D eigenvalue weighted by Crippen LogP contribution is -2.39. The monoisotopic (exact) mass is 353 g/mol. The molecule has 0 spiro atoms. The molecule has 0 aromatic heterocycles. The highest BCUT2D eigenvalue weighted by atomic mass is 15.3. The van der Waals surface area contributed by atoms with Crippen molar-refractivity contribution in [2.75, 3.05) is 26.3 Å². The molecule has 1 aliphatic rings. The number of rotatable bonds is 18. The van der Waals surface area contributed by atoms with Gasteiger partial charge in [-0.15, -0.1) is 0 Å². The van der Waals surface area contributed by atoms with Gasteiger partial charge in [-0.1, -0.05) is 103 Å². The van der Waals surface area contributed by atoms with Crippen LogP contribution in [0.1, 0.15) is 110 Å². The Labute approximate surface area is 158 Å². The predicted octanol–water partition coefficient (Wildman–Crippen LogP) is 5.44. The first-order valence-corrected chi connectivity index (χ1v) is 11.5. The van der Waals surface area contributed by atoms with Crippen molar-refractivity contribution in [3.8, 4) is 0 Å². The molecule has 1 aliphatic heterocycles. The number of hydrogen-bond acceptors (Lipinski definition) is 3. The van der Waals surface area contributed by atoms with Crippen LogP contribution in [-0.4, -0.2) is 37.2 Å². The van der Waals surface area contributed by atoms with Gasteiger partial charge in [0.2, 0.25) is 0 Å². The van der Waals surface area contributed by atoms with Gasteiger partial charge in [-0.3, -0.25) is 4.90 Å². The zero-order valence-electron chi connectivity index (χ0n) is 17.2. The van der Waals surface area contributed by atoms with Crippen LogP contribution in [0, 0.1) is 0 Å². The highest BCUT2D eigenvalue weighted by Crippen LogP contribution is 2.15. The van der Waals surface area contributed by atoms with Crippen LogP contribution >= 0.6 is 0 Å². The fourth-order valence-electron chi connectivity index (χ4n) is 4.04. The van der Waals surface area contributed by atoms with Crippen LogP contribution in [0.5, 0.6) is 0 Å². The minimum Gasteiger partial charge on any atom is -0.329 e. The topological polar surface area (TPSA) is 41.3 Å². The molecule has 0 radical (unpaired) electrons. The zero-order valence-corrected chi connectivity index (χ0v) is 17.2. The SMILES string of the molecule is CCCCCCCCCCCCCCCCCC(CN)N1CCNC1. The number of hydrogen-bond donors (Lipinski definition) is 2. The standard InChI is InChI=1S/C22H47N3/c1-2-3-4-5-6-7-8-9-10-11-12-13-14-15-16-17-22(20-23)25-19-18-24-21-25/h22,24H,2-21,23H2,1H3. The van der Waals surface area contributed by atoms with Crippen molar-refractivity contribution in [2.24, 2.45) is 5.73 Å². The molecular formula is C22H47N3. The first-order chi connectivity index (χ1) is 12.4. The summed E-state index contributed by atoms with van der Waals surface area (Å²) in [6, 6.07) is 0.608. The molecule has 25 heavy (non-hydrogen) atoms. The third-order valence-electron chi connectivity index (χ3n) is 5.82. The second-order valence-corrected chi connectivity index (χ2v) is 8.10. The van der Waals surface area contributed by atoms with Crippen LogP contribution < -0.4 is 11.1 Å². The molecule has 0 aliphatic carbocycles. The van der Waals surface area contributed by atoms with Crippen molar-refractivity contribution in [2.45, 2.75) is 116 Å². The van der Waals surface area contributed by atoms with Gasteiger partial charge >= 0.3 is 0 Å². The molecule has 150 valence electrons. The van der Waals surface area contributed by atoms with Gasteiger partial charge in [-0.25, -0.2) is 0 Å². The maximum atomic E-state index is 5.94.